The molecule has 4 rings (SSSR count). The van der Waals surface area contributed by atoms with Crippen molar-refractivity contribution in [3.05, 3.63) is 54.0 Å². The van der Waals surface area contributed by atoms with E-state index in [1.54, 1.807) is 23.9 Å². The molecular weight excluding hydrogens is 323 g/mol. The molecule has 124 valence electrons. The number of aromatic amines is 1. The second-order valence-corrected chi connectivity index (χ2v) is 7.05. The van der Waals surface area contributed by atoms with E-state index >= 15 is 0 Å². The van der Waals surface area contributed by atoms with Crippen LogP contribution in [0.3, 0.4) is 0 Å². The highest BCUT2D eigenvalue weighted by Gasteiger charge is 2.18. The van der Waals surface area contributed by atoms with Crippen LogP contribution in [0, 0.1) is 12.7 Å². The van der Waals surface area contributed by atoms with Crippen LogP contribution >= 0.6 is 11.8 Å². The Hall–Kier alpha value is -1.98. The molecule has 3 nitrogen and oxygen atoms in total. The van der Waals surface area contributed by atoms with E-state index in [0.717, 1.165) is 42.1 Å². The summed E-state index contributed by atoms with van der Waals surface area (Å²) in [4.78, 5) is 7.86. The van der Waals surface area contributed by atoms with Crippen molar-refractivity contribution in [2.24, 2.45) is 0 Å². The summed E-state index contributed by atoms with van der Waals surface area (Å²) in [6.45, 7) is 5.47. The number of nitrogens with one attached hydrogen (secondary N) is 1. The Morgan fingerprint density at radius 2 is 1.96 bits per heavy atom. The molecule has 1 aromatic heterocycles. The molecule has 0 spiro atoms. The van der Waals surface area contributed by atoms with Crippen LogP contribution in [0.25, 0.3) is 10.9 Å². The van der Waals surface area contributed by atoms with Crippen molar-refractivity contribution >= 4 is 28.4 Å². The first-order chi connectivity index (χ1) is 11.7. The molecule has 0 atom stereocenters. The molecule has 1 saturated heterocycles. The number of anilines is 1. The van der Waals surface area contributed by atoms with Gasteiger partial charge >= 0.3 is 0 Å². The summed E-state index contributed by atoms with van der Waals surface area (Å²) >= 11 is 1.69. The highest BCUT2D eigenvalue weighted by Crippen LogP contribution is 2.40. The molecule has 24 heavy (non-hydrogen) atoms. The van der Waals surface area contributed by atoms with E-state index in [9.17, 15) is 4.39 Å². The molecule has 2 heterocycles. The third kappa shape index (κ3) is 2.89. The molecule has 0 amide bonds. The Morgan fingerprint density at radius 1 is 1.12 bits per heavy atom. The summed E-state index contributed by atoms with van der Waals surface area (Å²) in [7, 11) is 0. The minimum atomic E-state index is -0.207. The zero-order chi connectivity index (χ0) is 16.5. The summed E-state index contributed by atoms with van der Waals surface area (Å²) in [6.07, 6.45) is 1.96. The molecule has 1 aliphatic heterocycles. The summed E-state index contributed by atoms with van der Waals surface area (Å²) in [6, 6.07) is 11.2. The van der Waals surface area contributed by atoms with Gasteiger partial charge in [-0.25, -0.2) is 4.39 Å². The van der Waals surface area contributed by atoms with Gasteiger partial charge in [0, 0.05) is 40.0 Å². The first kappa shape index (κ1) is 15.5. The highest BCUT2D eigenvalue weighted by molar-refractivity contribution is 7.99. The molecule has 5 heteroatoms. The van der Waals surface area contributed by atoms with Crippen LogP contribution in [0.2, 0.25) is 0 Å². The van der Waals surface area contributed by atoms with Crippen molar-refractivity contribution in [1.82, 2.24) is 4.98 Å². The normalized spacial score (nSPS) is 15.2. The first-order valence-electron chi connectivity index (χ1n) is 8.09. The molecule has 2 aromatic carbocycles. The van der Waals surface area contributed by atoms with Crippen molar-refractivity contribution in [3.8, 4) is 0 Å². The highest BCUT2D eigenvalue weighted by atomic mass is 32.2. The van der Waals surface area contributed by atoms with Crippen LogP contribution in [0.15, 0.2) is 52.4 Å². The number of halogens is 1. The predicted molar refractivity (Wildman–Crippen MR) is 96.6 cm³/mol. The minimum absolute atomic E-state index is 0.207. The van der Waals surface area contributed by atoms with Crippen molar-refractivity contribution in [2.75, 3.05) is 31.2 Å². The van der Waals surface area contributed by atoms with Gasteiger partial charge in [-0.3, -0.25) is 0 Å². The second-order valence-electron chi connectivity index (χ2n) is 5.97. The smallest absolute Gasteiger partial charge is 0.123 e. The van der Waals surface area contributed by atoms with Crippen molar-refractivity contribution < 1.29 is 9.13 Å². The van der Waals surface area contributed by atoms with E-state index in [-0.39, 0.29) is 5.82 Å². The fourth-order valence-corrected chi connectivity index (χ4v) is 4.34. The topological polar surface area (TPSA) is 28.3 Å². The fourth-order valence-electron chi connectivity index (χ4n) is 3.18. The molecular formula is C19H19FN2OS. The second kappa shape index (κ2) is 6.49. The number of nitrogens with zero attached hydrogens (tertiary/aromatic N) is 1. The van der Waals surface area contributed by atoms with E-state index in [1.807, 2.05) is 6.20 Å². The Balaban J connectivity index is 1.73. The number of fused-ring (bicyclic) bond motifs is 1. The lowest BCUT2D eigenvalue weighted by molar-refractivity contribution is 0.122. The molecule has 1 N–H and O–H groups in total. The van der Waals surface area contributed by atoms with Gasteiger partial charge in [-0.15, -0.1) is 0 Å². The number of hydrogen-bond donors (Lipinski definition) is 1. The number of benzene rings is 2. The Labute approximate surface area is 144 Å². The van der Waals surface area contributed by atoms with Gasteiger partial charge < -0.3 is 14.6 Å². The maximum Gasteiger partial charge on any atom is 0.123 e. The van der Waals surface area contributed by atoms with Crippen LogP contribution in [0.1, 0.15) is 5.56 Å². The number of ether oxygens (including phenoxy) is 1. The third-order valence-electron chi connectivity index (χ3n) is 4.35. The lowest BCUT2D eigenvalue weighted by Crippen LogP contribution is -2.36. The average Bonchev–Trinajstić information content (AvgIpc) is 2.98. The average molecular weight is 342 g/mol. The van der Waals surface area contributed by atoms with E-state index in [2.05, 4.69) is 35.0 Å². The monoisotopic (exact) mass is 342 g/mol. The van der Waals surface area contributed by atoms with Gasteiger partial charge in [-0.1, -0.05) is 23.9 Å². The van der Waals surface area contributed by atoms with Crippen LogP contribution in [0.4, 0.5) is 10.1 Å². The van der Waals surface area contributed by atoms with Gasteiger partial charge in [0.05, 0.1) is 18.9 Å². The number of H-pyrrole nitrogens is 1. The fraction of sp³-hybridized carbons (Fsp3) is 0.263. The van der Waals surface area contributed by atoms with Gasteiger partial charge in [0.25, 0.3) is 0 Å². The minimum Gasteiger partial charge on any atom is -0.378 e. The van der Waals surface area contributed by atoms with Crippen molar-refractivity contribution in [2.45, 2.75) is 16.7 Å². The van der Waals surface area contributed by atoms with E-state index in [4.69, 9.17) is 4.74 Å². The summed E-state index contributed by atoms with van der Waals surface area (Å²) in [5, 5.41) is 0.925. The maximum absolute atomic E-state index is 13.6. The predicted octanol–water partition coefficient (Wildman–Crippen LogP) is 4.60. The number of rotatable bonds is 3. The molecule has 0 unspecified atom stereocenters. The zero-order valence-corrected chi connectivity index (χ0v) is 14.3. The van der Waals surface area contributed by atoms with Crippen molar-refractivity contribution in [3.63, 3.8) is 0 Å². The van der Waals surface area contributed by atoms with Gasteiger partial charge in [-0.05, 0) is 36.8 Å². The number of para-hydroxylation sites is 1. The van der Waals surface area contributed by atoms with Gasteiger partial charge in [0.1, 0.15) is 5.82 Å². The van der Waals surface area contributed by atoms with Crippen LogP contribution in [-0.2, 0) is 4.74 Å². The largest absolute Gasteiger partial charge is 0.378 e. The molecule has 3 aromatic rings. The number of hydrogen-bond acceptors (Lipinski definition) is 3. The van der Waals surface area contributed by atoms with E-state index in [1.165, 1.54) is 22.2 Å². The van der Waals surface area contributed by atoms with Crippen LogP contribution in [-0.4, -0.2) is 31.3 Å². The molecule has 1 fully saturated rings. The molecule has 0 aliphatic carbocycles. The quantitative estimate of drug-likeness (QED) is 0.754. The van der Waals surface area contributed by atoms with E-state index < -0.39 is 0 Å². The first-order valence-corrected chi connectivity index (χ1v) is 8.91. The van der Waals surface area contributed by atoms with Gasteiger partial charge in [0.15, 0.2) is 0 Å². The lowest BCUT2D eigenvalue weighted by Gasteiger charge is -2.31. The van der Waals surface area contributed by atoms with Crippen LogP contribution in [0.5, 0.6) is 0 Å². The number of aryl methyl sites for hydroxylation is 1. The summed E-state index contributed by atoms with van der Waals surface area (Å²) in [5.74, 6) is -0.207. The number of morpholine rings is 1. The SMILES string of the molecule is Cc1cccc(Sc2c[nH]c3ccc(F)cc23)c1N1CCOCC1. The Bertz CT molecular complexity index is 871. The van der Waals surface area contributed by atoms with Crippen molar-refractivity contribution in [1.29, 1.82) is 0 Å². The number of aromatic nitrogens is 1. The van der Waals surface area contributed by atoms with Gasteiger partial charge in [0.2, 0.25) is 0 Å². The molecule has 0 bridgehead atoms. The van der Waals surface area contributed by atoms with Gasteiger partial charge in [-0.2, -0.15) is 0 Å². The Morgan fingerprint density at radius 3 is 2.79 bits per heavy atom. The third-order valence-corrected chi connectivity index (χ3v) is 5.46. The Kier molecular flexibility index (Phi) is 4.21. The maximum atomic E-state index is 13.6. The summed E-state index contributed by atoms with van der Waals surface area (Å²) < 4.78 is 19.1. The molecule has 1 aliphatic rings. The lowest BCUT2D eigenvalue weighted by atomic mass is 10.1. The summed E-state index contributed by atoms with van der Waals surface area (Å²) in [5.41, 5.74) is 3.48. The molecule has 0 saturated carbocycles. The van der Waals surface area contributed by atoms with Crippen LogP contribution < -0.4 is 4.90 Å². The standard InChI is InChI=1S/C19H19FN2OS/c1-13-3-2-4-17(19(13)22-7-9-23-10-8-22)24-18-12-21-16-6-5-14(20)11-15(16)18/h2-6,11-12,21H,7-10H2,1H3. The molecule has 0 radical (unpaired) electrons. The zero-order valence-electron chi connectivity index (χ0n) is 13.5. The van der Waals surface area contributed by atoms with E-state index in [0.29, 0.717) is 0 Å².